The van der Waals surface area contributed by atoms with Crippen molar-refractivity contribution in [2.45, 2.75) is 23.2 Å². The van der Waals surface area contributed by atoms with Crippen molar-refractivity contribution in [3.63, 3.8) is 0 Å². The molecule has 1 aliphatic carbocycles. The van der Waals surface area contributed by atoms with Gasteiger partial charge in [0, 0.05) is 15.5 Å². The highest BCUT2D eigenvalue weighted by atomic mass is 127. The number of nitrogens with two attached hydrogens (primary N) is 1. The maximum atomic E-state index is 5.69. The van der Waals surface area contributed by atoms with Gasteiger partial charge in [-0.15, -0.1) is 0 Å². The van der Waals surface area contributed by atoms with E-state index in [0.29, 0.717) is 0 Å². The molecular formula is C8H12IN. The van der Waals surface area contributed by atoms with Crippen LogP contribution in [-0.2, 0) is 0 Å². The van der Waals surface area contributed by atoms with Gasteiger partial charge in [-0.1, -0.05) is 41.7 Å². The van der Waals surface area contributed by atoms with Gasteiger partial charge in [-0.05, 0) is 12.5 Å². The summed E-state index contributed by atoms with van der Waals surface area (Å²) >= 11 is 2.46. The summed E-state index contributed by atoms with van der Waals surface area (Å²) in [7, 11) is 0. The Hall–Kier alpha value is 0.01000. The predicted octanol–water partition coefficient (Wildman–Crippen LogP) is 2.37. The van der Waals surface area contributed by atoms with Crippen LogP contribution in [0.25, 0.3) is 0 Å². The third kappa shape index (κ3) is 1.75. The zero-order valence-electron chi connectivity index (χ0n) is 6.10. The lowest BCUT2D eigenvalue weighted by molar-refractivity contribution is 0.693. The molecule has 2 N–H and O–H groups in total. The van der Waals surface area contributed by atoms with Gasteiger partial charge in [0.05, 0.1) is 0 Å². The summed E-state index contributed by atoms with van der Waals surface area (Å²) in [5.41, 5.74) is 6.69. The molecule has 0 saturated carbocycles. The SMILES string of the molecule is CCC1(I)C=CC=C(N)C1. The molecule has 1 nitrogen and oxygen atoms in total. The van der Waals surface area contributed by atoms with Gasteiger partial charge in [-0.2, -0.15) is 0 Å². The number of alkyl halides is 1. The van der Waals surface area contributed by atoms with Crippen molar-refractivity contribution >= 4 is 22.6 Å². The second kappa shape index (κ2) is 2.95. The monoisotopic (exact) mass is 249 g/mol. The van der Waals surface area contributed by atoms with Crippen LogP contribution in [0.4, 0.5) is 0 Å². The molecule has 0 saturated heterocycles. The molecule has 10 heavy (non-hydrogen) atoms. The maximum Gasteiger partial charge on any atom is 0.0455 e. The largest absolute Gasteiger partial charge is 0.402 e. The molecule has 1 atom stereocenters. The molecule has 0 aromatic rings. The van der Waals surface area contributed by atoms with Crippen LogP contribution in [0.15, 0.2) is 23.9 Å². The van der Waals surface area contributed by atoms with E-state index < -0.39 is 0 Å². The highest BCUT2D eigenvalue weighted by Gasteiger charge is 2.22. The summed E-state index contributed by atoms with van der Waals surface area (Å²) in [6, 6.07) is 0. The van der Waals surface area contributed by atoms with E-state index in [1.165, 1.54) is 0 Å². The zero-order valence-corrected chi connectivity index (χ0v) is 8.26. The van der Waals surface area contributed by atoms with Crippen LogP contribution in [-0.4, -0.2) is 3.42 Å². The van der Waals surface area contributed by atoms with Crippen LogP contribution in [0.3, 0.4) is 0 Å². The fourth-order valence-electron chi connectivity index (χ4n) is 1.04. The van der Waals surface area contributed by atoms with Crippen LogP contribution in [0.1, 0.15) is 19.8 Å². The lowest BCUT2D eigenvalue weighted by Gasteiger charge is -2.24. The molecule has 1 rings (SSSR count). The first-order valence-electron chi connectivity index (χ1n) is 3.49. The minimum Gasteiger partial charge on any atom is -0.402 e. The number of rotatable bonds is 1. The minimum absolute atomic E-state index is 0.288. The van der Waals surface area contributed by atoms with Gasteiger partial charge in [0.15, 0.2) is 0 Å². The van der Waals surface area contributed by atoms with Crippen LogP contribution in [0.5, 0.6) is 0 Å². The van der Waals surface area contributed by atoms with Crippen molar-refractivity contribution < 1.29 is 0 Å². The van der Waals surface area contributed by atoms with Crippen molar-refractivity contribution in [3.05, 3.63) is 23.9 Å². The number of hydrogen-bond acceptors (Lipinski definition) is 1. The van der Waals surface area contributed by atoms with E-state index in [9.17, 15) is 0 Å². The van der Waals surface area contributed by atoms with Gasteiger partial charge >= 0.3 is 0 Å². The lowest BCUT2D eigenvalue weighted by Crippen LogP contribution is -2.21. The molecule has 0 aromatic heterocycles. The standard InChI is InChI=1S/C8H12IN/c1-2-8(9)5-3-4-7(10)6-8/h3-5H,2,6,10H2,1H3. The van der Waals surface area contributed by atoms with Crippen LogP contribution in [0, 0.1) is 0 Å². The maximum absolute atomic E-state index is 5.69. The quantitative estimate of drug-likeness (QED) is 0.560. The Morgan fingerprint density at radius 2 is 2.50 bits per heavy atom. The van der Waals surface area contributed by atoms with Gasteiger partial charge in [-0.3, -0.25) is 0 Å². The number of halogens is 1. The first-order chi connectivity index (χ1) is 4.66. The predicted molar refractivity (Wildman–Crippen MR) is 53.1 cm³/mol. The van der Waals surface area contributed by atoms with E-state index in [-0.39, 0.29) is 3.42 Å². The number of allylic oxidation sites excluding steroid dienone is 4. The summed E-state index contributed by atoms with van der Waals surface area (Å²) in [6.07, 6.45) is 8.41. The molecular weight excluding hydrogens is 237 g/mol. The smallest absolute Gasteiger partial charge is 0.0455 e. The van der Waals surface area contributed by atoms with Crippen molar-refractivity contribution in [2.75, 3.05) is 0 Å². The van der Waals surface area contributed by atoms with Crippen LogP contribution in [0.2, 0.25) is 0 Å². The molecule has 56 valence electrons. The highest BCUT2D eigenvalue weighted by molar-refractivity contribution is 14.1. The minimum atomic E-state index is 0.288. The third-order valence-corrected chi connectivity index (χ3v) is 3.29. The summed E-state index contributed by atoms with van der Waals surface area (Å²) in [5.74, 6) is 0. The molecule has 0 heterocycles. The first-order valence-corrected chi connectivity index (χ1v) is 4.57. The van der Waals surface area contributed by atoms with E-state index in [0.717, 1.165) is 18.5 Å². The average molecular weight is 249 g/mol. The lowest BCUT2D eigenvalue weighted by atomic mass is 9.96. The van der Waals surface area contributed by atoms with Gasteiger partial charge < -0.3 is 5.73 Å². The molecule has 1 unspecified atom stereocenters. The van der Waals surface area contributed by atoms with E-state index in [2.05, 4.69) is 41.7 Å². The van der Waals surface area contributed by atoms with Gasteiger partial charge in [0.2, 0.25) is 0 Å². The van der Waals surface area contributed by atoms with E-state index in [1.807, 2.05) is 6.08 Å². The van der Waals surface area contributed by atoms with E-state index in [1.54, 1.807) is 0 Å². The molecule has 0 radical (unpaired) electrons. The van der Waals surface area contributed by atoms with Crippen LogP contribution < -0.4 is 5.73 Å². The fraction of sp³-hybridized carbons (Fsp3) is 0.500. The second-order valence-corrected chi connectivity index (χ2v) is 4.81. The van der Waals surface area contributed by atoms with Crippen molar-refractivity contribution in [2.24, 2.45) is 5.73 Å². The molecule has 0 aliphatic heterocycles. The molecule has 1 aliphatic rings. The van der Waals surface area contributed by atoms with Gasteiger partial charge in [0.1, 0.15) is 0 Å². The Kier molecular flexibility index (Phi) is 2.39. The number of hydrogen-bond donors (Lipinski definition) is 1. The third-order valence-electron chi connectivity index (χ3n) is 1.79. The van der Waals surface area contributed by atoms with Gasteiger partial charge in [-0.25, -0.2) is 0 Å². The van der Waals surface area contributed by atoms with Crippen molar-refractivity contribution in [1.82, 2.24) is 0 Å². The average Bonchev–Trinajstić information content (AvgIpc) is 1.88. The molecule has 2 heteroatoms. The van der Waals surface area contributed by atoms with Crippen LogP contribution >= 0.6 is 22.6 Å². The first kappa shape index (κ1) is 8.11. The topological polar surface area (TPSA) is 26.0 Å². The Morgan fingerprint density at radius 1 is 1.80 bits per heavy atom. The molecule has 0 bridgehead atoms. The molecule has 0 fully saturated rings. The molecule has 0 amide bonds. The summed E-state index contributed by atoms with van der Waals surface area (Å²) in [6.45, 7) is 2.19. The highest BCUT2D eigenvalue weighted by Crippen LogP contribution is 2.33. The Balaban J connectivity index is 2.71. The van der Waals surface area contributed by atoms with E-state index >= 15 is 0 Å². The van der Waals surface area contributed by atoms with E-state index in [4.69, 9.17) is 5.73 Å². The normalized spacial score (nSPS) is 32.0. The summed E-state index contributed by atoms with van der Waals surface area (Å²) < 4.78 is 0.288. The van der Waals surface area contributed by atoms with Crippen molar-refractivity contribution in [1.29, 1.82) is 0 Å². The Labute approximate surface area is 75.5 Å². The van der Waals surface area contributed by atoms with Crippen molar-refractivity contribution in [3.8, 4) is 0 Å². The summed E-state index contributed by atoms with van der Waals surface area (Å²) in [4.78, 5) is 0. The van der Waals surface area contributed by atoms with Gasteiger partial charge in [0.25, 0.3) is 0 Å². The fourth-order valence-corrected chi connectivity index (χ4v) is 1.69. The summed E-state index contributed by atoms with van der Waals surface area (Å²) in [5, 5.41) is 0. The zero-order chi connectivity index (χ0) is 7.61. The molecule has 0 aromatic carbocycles. The Morgan fingerprint density at radius 3 is 2.90 bits per heavy atom. The second-order valence-electron chi connectivity index (χ2n) is 2.67. The molecule has 0 spiro atoms. The Bertz CT molecular complexity index is 184.